The predicted molar refractivity (Wildman–Crippen MR) is 111 cm³/mol. The lowest BCUT2D eigenvalue weighted by molar-refractivity contribution is -0.359. The van der Waals surface area contributed by atoms with Crippen LogP contribution in [0.5, 0.6) is 17.5 Å². The summed E-state index contributed by atoms with van der Waals surface area (Å²) in [6.45, 7) is 5.06. The molecule has 28 heavy (non-hydrogen) atoms. The van der Waals surface area contributed by atoms with E-state index in [1.54, 1.807) is 0 Å². The summed E-state index contributed by atoms with van der Waals surface area (Å²) in [6.07, 6.45) is 6.82. The second kappa shape index (κ2) is 9.11. The third-order valence-electron chi connectivity index (χ3n) is 5.61. The van der Waals surface area contributed by atoms with Gasteiger partial charge in [0.25, 0.3) is 0 Å². The average molecular weight is 381 g/mol. The highest BCUT2D eigenvalue weighted by atomic mass is 16.5. The van der Waals surface area contributed by atoms with Gasteiger partial charge in [-0.05, 0) is 55.8 Å². The van der Waals surface area contributed by atoms with Crippen LogP contribution in [0.25, 0.3) is 11.0 Å². The van der Waals surface area contributed by atoms with Gasteiger partial charge in [-0.25, -0.2) is 9.97 Å². The van der Waals surface area contributed by atoms with Crippen LogP contribution in [0.1, 0.15) is 39.0 Å². The summed E-state index contributed by atoms with van der Waals surface area (Å²) in [5.74, 6) is 1.65. The van der Waals surface area contributed by atoms with Crippen molar-refractivity contribution in [3.05, 3.63) is 48.5 Å². The van der Waals surface area contributed by atoms with E-state index in [0.717, 1.165) is 48.3 Å². The number of likely N-dealkylation sites (N-methyl/N-ethyl adjacent to an activating group) is 1. The lowest BCUT2D eigenvalue weighted by Gasteiger charge is -2.33. The van der Waals surface area contributed by atoms with Crippen molar-refractivity contribution >= 4 is 11.0 Å². The maximum Gasteiger partial charge on any atom is 0.458 e. The van der Waals surface area contributed by atoms with Crippen molar-refractivity contribution < 1.29 is 14.5 Å². The Hall–Kier alpha value is -2.53. The van der Waals surface area contributed by atoms with E-state index < -0.39 is 0 Å². The maximum atomic E-state index is 5.97. The highest BCUT2D eigenvalue weighted by molar-refractivity contribution is 5.71. The van der Waals surface area contributed by atoms with Gasteiger partial charge in [0, 0.05) is 12.6 Å². The fourth-order valence-electron chi connectivity index (χ4n) is 4.08. The Morgan fingerprint density at radius 1 is 1.00 bits per heavy atom. The number of H-pyrrole nitrogens is 2. The quantitative estimate of drug-likeness (QED) is 0.610. The average Bonchev–Trinajstić information content (AvgIpc) is 3.15. The molecule has 4 rings (SSSR count). The van der Waals surface area contributed by atoms with E-state index in [2.05, 4.69) is 21.8 Å². The highest BCUT2D eigenvalue weighted by Gasteiger charge is 2.19. The molecular formula is C23H30N3O2+. The first-order chi connectivity index (χ1) is 13.8. The Morgan fingerprint density at radius 3 is 2.50 bits per heavy atom. The molecule has 2 aromatic carbocycles. The minimum atomic E-state index is 0.626. The van der Waals surface area contributed by atoms with E-state index in [1.165, 1.54) is 32.1 Å². The van der Waals surface area contributed by atoms with Crippen LogP contribution in [0.15, 0.2) is 48.5 Å². The summed E-state index contributed by atoms with van der Waals surface area (Å²) in [5.41, 5.74) is 2.05. The standard InChI is InChI=1S/C23H29N3O2/c1-2-26(18-8-4-3-5-9-18)16-17-27-19-12-14-20(15-13-19)28-23-24-21-10-6-7-11-22(21)25-23/h6-7,10-15,18H,2-5,8-9,16-17H2,1H3,(H,24,25)/p+1. The van der Waals surface area contributed by atoms with Crippen LogP contribution < -0.4 is 14.5 Å². The number of imidazole rings is 1. The summed E-state index contributed by atoms with van der Waals surface area (Å²) < 4.78 is 11.9. The zero-order valence-corrected chi connectivity index (χ0v) is 16.6. The molecule has 1 aromatic heterocycles. The van der Waals surface area contributed by atoms with Crippen molar-refractivity contribution in [2.45, 2.75) is 45.1 Å². The first kappa shape index (κ1) is 18.8. The van der Waals surface area contributed by atoms with Crippen molar-refractivity contribution in [2.75, 3.05) is 19.7 Å². The number of nitrogens with one attached hydrogen (secondary N) is 2. The first-order valence-corrected chi connectivity index (χ1v) is 10.5. The van der Waals surface area contributed by atoms with Gasteiger partial charge >= 0.3 is 6.01 Å². The van der Waals surface area contributed by atoms with Gasteiger partial charge < -0.3 is 9.47 Å². The van der Waals surface area contributed by atoms with Crippen molar-refractivity contribution in [3.8, 4) is 17.5 Å². The Balaban J connectivity index is 1.28. The number of ether oxygens (including phenoxy) is 2. The minimum Gasteiger partial charge on any atom is -0.492 e. The van der Waals surface area contributed by atoms with Crippen LogP contribution in [-0.2, 0) is 0 Å². The fourth-order valence-corrected chi connectivity index (χ4v) is 4.08. The van der Waals surface area contributed by atoms with E-state index in [4.69, 9.17) is 9.47 Å². The second-order valence-electron chi connectivity index (χ2n) is 7.47. The molecule has 2 N–H and O–H groups in total. The Morgan fingerprint density at radius 2 is 1.75 bits per heavy atom. The molecule has 0 atom stereocenters. The van der Waals surface area contributed by atoms with Crippen LogP contribution in [0, 0.1) is 0 Å². The maximum absolute atomic E-state index is 5.97. The van der Waals surface area contributed by atoms with Crippen LogP contribution in [0.3, 0.4) is 0 Å². The molecule has 148 valence electrons. The molecule has 0 unspecified atom stereocenters. The number of hydrogen-bond acceptors (Lipinski definition) is 3. The van der Waals surface area contributed by atoms with Crippen LogP contribution >= 0.6 is 0 Å². The van der Waals surface area contributed by atoms with Gasteiger partial charge in [0.15, 0.2) is 11.0 Å². The van der Waals surface area contributed by atoms with Gasteiger partial charge in [-0.15, -0.1) is 0 Å². The van der Waals surface area contributed by atoms with Gasteiger partial charge in [-0.2, -0.15) is 0 Å². The smallest absolute Gasteiger partial charge is 0.458 e. The van der Waals surface area contributed by atoms with Gasteiger partial charge in [-0.1, -0.05) is 38.3 Å². The molecule has 1 heterocycles. The molecule has 3 aromatic rings. The van der Waals surface area contributed by atoms with Crippen molar-refractivity contribution in [1.29, 1.82) is 0 Å². The molecule has 5 nitrogen and oxygen atoms in total. The fraction of sp³-hybridized carbons (Fsp3) is 0.435. The number of aromatic amines is 2. The van der Waals surface area contributed by atoms with E-state index in [0.29, 0.717) is 6.01 Å². The first-order valence-electron chi connectivity index (χ1n) is 10.5. The number of rotatable bonds is 8. The number of benzene rings is 2. The lowest BCUT2D eigenvalue weighted by atomic mass is 9.94. The number of fused-ring (bicyclic) bond motifs is 1. The van der Waals surface area contributed by atoms with Gasteiger partial charge in [0.2, 0.25) is 0 Å². The number of aromatic nitrogens is 2. The van der Waals surface area contributed by atoms with E-state index in [9.17, 15) is 0 Å². The number of nitrogens with zero attached hydrogens (tertiary/aromatic N) is 1. The molecule has 0 aliphatic heterocycles. The van der Waals surface area contributed by atoms with E-state index in [-0.39, 0.29) is 0 Å². The molecular weight excluding hydrogens is 350 g/mol. The molecule has 0 spiro atoms. The SMILES string of the molecule is CCN(CCOc1ccc(Oc2[nH]c3ccccc3[nH+]2)cc1)C1CCCCC1. The van der Waals surface area contributed by atoms with Crippen LogP contribution in [0.2, 0.25) is 0 Å². The van der Waals surface area contributed by atoms with Crippen molar-refractivity contribution in [2.24, 2.45) is 0 Å². The summed E-state index contributed by atoms with van der Waals surface area (Å²) >= 11 is 0. The molecule has 1 aliphatic carbocycles. The predicted octanol–water partition coefficient (Wildman–Crippen LogP) is 4.81. The molecule has 1 fully saturated rings. The highest BCUT2D eigenvalue weighted by Crippen LogP contribution is 2.24. The molecule has 1 aliphatic rings. The van der Waals surface area contributed by atoms with Crippen molar-refractivity contribution in [1.82, 2.24) is 9.88 Å². The van der Waals surface area contributed by atoms with Gasteiger partial charge in [0.1, 0.15) is 18.1 Å². The summed E-state index contributed by atoms with van der Waals surface area (Å²) in [5, 5.41) is 0. The number of hydrogen-bond donors (Lipinski definition) is 1. The van der Waals surface area contributed by atoms with Crippen molar-refractivity contribution in [3.63, 3.8) is 0 Å². The third-order valence-corrected chi connectivity index (χ3v) is 5.61. The second-order valence-corrected chi connectivity index (χ2v) is 7.47. The largest absolute Gasteiger partial charge is 0.492 e. The summed E-state index contributed by atoms with van der Waals surface area (Å²) in [7, 11) is 0. The molecule has 0 radical (unpaired) electrons. The van der Waals surface area contributed by atoms with E-state index >= 15 is 0 Å². The normalized spacial score (nSPS) is 15.2. The van der Waals surface area contributed by atoms with Crippen LogP contribution in [0.4, 0.5) is 0 Å². The van der Waals surface area contributed by atoms with Crippen LogP contribution in [-0.4, -0.2) is 35.6 Å². The molecule has 5 heteroatoms. The Kier molecular flexibility index (Phi) is 6.12. The Labute approximate surface area is 166 Å². The third kappa shape index (κ3) is 4.65. The lowest BCUT2D eigenvalue weighted by Crippen LogP contribution is -2.39. The van der Waals surface area contributed by atoms with Gasteiger partial charge in [-0.3, -0.25) is 4.90 Å². The zero-order chi connectivity index (χ0) is 19.2. The minimum absolute atomic E-state index is 0.626. The molecule has 1 saturated carbocycles. The monoisotopic (exact) mass is 380 g/mol. The molecule has 0 saturated heterocycles. The molecule has 0 bridgehead atoms. The zero-order valence-electron chi connectivity index (χ0n) is 16.6. The van der Waals surface area contributed by atoms with E-state index in [1.807, 2.05) is 48.5 Å². The Bertz CT molecular complexity index is 836. The summed E-state index contributed by atoms with van der Waals surface area (Å²) in [4.78, 5) is 9.03. The number of para-hydroxylation sites is 2. The molecule has 0 amide bonds. The topological polar surface area (TPSA) is 51.6 Å². The summed E-state index contributed by atoms with van der Waals surface area (Å²) in [6, 6.07) is 17.2. The van der Waals surface area contributed by atoms with Gasteiger partial charge in [0.05, 0.1) is 0 Å².